The number of aromatic amines is 1. The van der Waals surface area contributed by atoms with Crippen LogP contribution in [0.25, 0.3) is 21.8 Å². The Bertz CT molecular complexity index is 880. The lowest BCUT2D eigenvalue weighted by Crippen LogP contribution is -2.11. The second-order valence-corrected chi connectivity index (χ2v) is 4.62. The van der Waals surface area contributed by atoms with Crippen LogP contribution < -0.4 is 5.73 Å². The highest BCUT2D eigenvalue weighted by molar-refractivity contribution is 6.14. The quantitative estimate of drug-likeness (QED) is 0.662. The van der Waals surface area contributed by atoms with E-state index in [1.807, 2.05) is 0 Å². The fourth-order valence-electron chi connectivity index (χ4n) is 2.34. The van der Waals surface area contributed by atoms with E-state index in [1.165, 1.54) is 6.07 Å². The van der Waals surface area contributed by atoms with Crippen molar-refractivity contribution in [2.24, 2.45) is 5.73 Å². The third-order valence-electron chi connectivity index (χ3n) is 3.27. The van der Waals surface area contributed by atoms with Crippen molar-refractivity contribution in [2.45, 2.75) is 6.18 Å². The first-order valence-corrected chi connectivity index (χ1v) is 5.89. The molecule has 0 spiro atoms. The van der Waals surface area contributed by atoms with Gasteiger partial charge in [0.2, 0.25) is 0 Å². The molecular weight excluding hydrogens is 288 g/mol. The number of alkyl halides is 3. The van der Waals surface area contributed by atoms with Crippen LogP contribution in [-0.4, -0.2) is 10.9 Å². The van der Waals surface area contributed by atoms with Crippen LogP contribution >= 0.6 is 0 Å². The second kappa shape index (κ2) is 4.21. The molecule has 0 saturated heterocycles. The van der Waals surface area contributed by atoms with Crippen molar-refractivity contribution in [1.82, 2.24) is 4.98 Å². The number of primary amides is 1. The van der Waals surface area contributed by atoms with E-state index >= 15 is 0 Å². The number of amides is 1. The molecule has 1 aromatic heterocycles. The number of aromatic nitrogens is 1. The van der Waals surface area contributed by atoms with Crippen LogP contribution in [0.2, 0.25) is 0 Å². The second-order valence-electron chi connectivity index (χ2n) is 4.62. The van der Waals surface area contributed by atoms with Gasteiger partial charge in [-0.2, -0.15) is 13.2 Å². The van der Waals surface area contributed by atoms with Crippen molar-refractivity contribution in [2.75, 3.05) is 0 Å². The molecule has 3 rings (SSSR count). The van der Waals surface area contributed by atoms with E-state index < -0.39 is 23.5 Å². The van der Waals surface area contributed by atoms with Gasteiger partial charge in [-0.05, 0) is 24.3 Å². The Morgan fingerprint density at radius 1 is 1.10 bits per heavy atom. The first-order valence-electron chi connectivity index (χ1n) is 5.89. The van der Waals surface area contributed by atoms with Gasteiger partial charge in [-0.25, -0.2) is 4.39 Å². The van der Waals surface area contributed by atoms with Crippen molar-refractivity contribution in [1.29, 1.82) is 0 Å². The molecule has 108 valence electrons. The molecule has 0 radical (unpaired) electrons. The van der Waals surface area contributed by atoms with E-state index in [9.17, 15) is 22.4 Å². The molecule has 0 fully saturated rings. The number of nitrogens with two attached hydrogens (primary N) is 1. The van der Waals surface area contributed by atoms with E-state index in [4.69, 9.17) is 5.73 Å². The lowest BCUT2D eigenvalue weighted by atomic mass is 10.1. The maximum Gasteiger partial charge on any atom is 0.416 e. The van der Waals surface area contributed by atoms with E-state index in [-0.39, 0.29) is 16.6 Å². The fraction of sp³-hybridized carbons (Fsp3) is 0.0714. The van der Waals surface area contributed by atoms with Gasteiger partial charge < -0.3 is 10.7 Å². The largest absolute Gasteiger partial charge is 0.416 e. The van der Waals surface area contributed by atoms with Crippen LogP contribution in [0.15, 0.2) is 30.3 Å². The molecule has 0 atom stereocenters. The summed E-state index contributed by atoms with van der Waals surface area (Å²) in [6, 6.07) is 5.16. The normalized spacial score (nSPS) is 12.2. The number of hydrogen-bond donors (Lipinski definition) is 2. The van der Waals surface area contributed by atoms with Crippen LogP contribution in [0.3, 0.4) is 0 Å². The third kappa shape index (κ3) is 2.10. The van der Waals surface area contributed by atoms with Crippen molar-refractivity contribution < 1.29 is 22.4 Å². The summed E-state index contributed by atoms with van der Waals surface area (Å²) < 4.78 is 51.6. The number of fused-ring (bicyclic) bond motifs is 3. The average Bonchev–Trinajstić information content (AvgIpc) is 2.74. The molecule has 0 unspecified atom stereocenters. The SMILES string of the molecule is NC(=O)c1cc(F)cc2c1[nH]c1cc(C(F)(F)F)ccc12. The zero-order valence-corrected chi connectivity index (χ0v) is 10.4. The monoisotopic (exact) mass is 296 g/mol. The Balaban J connectivity index is 2.39. The van der Waals surface area contributed by atoms with Gasteiger partial charge in [0.25, 0.3) is 5.91 Å². The van der Waals surface area contributed by atoms with Crippen molar-refractivity contribution >= 4 is 27.7 Å². The van der Waals surface area contributed by atoms with Gasteiger partial charge in [-0.15, -0.1) is 0 Å². The molecule has 21 heavy (non-hydrogen) atoms. The molecule has 1 heterocycles. The minimum atomic E-state index is -4.48. The standard InChI is InChI=1S/C14H8F4N2O/c15-7-4-9-8-2-1-6(14(16,17)18)3-11(8)20-12(9)10(5-7)13(19)21/h1-5,20H,(H2,19,21). The highest BCUT2D eigenvalue weighted by Gasteiger charge is 2.30. The predicted molar refractivity (Wildman–Crippen MR) is 69.3 cm³/mol. The summed E-state index contributed by atoms with van der Waals surface area (Å²) in [6.45, 7) is 0. The van der Waals surface area contributed by atoms with E-state index in [1.54, 1.807) is 0 Å². The van der Waals surface area contributed by atoms with Gasteiger partial charge in [0, 0.05) is 16.3 Å². The van der Waals surface area contributed by atoms with Crippen molar-refractivity contribution in [3.8, 4) is 0 Å². The number of nitrogens with one attached hydrogen (secondary N) is 1. The molecule has 2 aromatic carbocycles. The first-order chi connectivity index (χ1) is 9.77. The Kier molecular flexibility index (Phi) is 2.69. The van der Waals surface area contributed by atoms with Gasteiger partial charge in [0.05, 0.1) is 16.6 Å². The molecule has 0 saturated carbocycles. The Hall–Kier alpha value is -2.57. The topological polar surface area (TPSA) is 58.9 Å². The fourth-order valence-corrected chi connectivity index (χ4v) is 2.34. The summed E-state index contributed by atoms with van der Waals surface area (Å²) in [5.74, 6) is -1.54. The molecule has 3 nitrogen and oxygen atoms in total. The van der Waals surface area contributed by atoms with Crippen molar-refractivity contribution in [3.05, 3.63) is 47.3 Å². The van der Waals surface area contributed by atoms with Crippen LogP contribution in [0.5, 0.6) is 0 Å². The predicted octanol–water partition coefficient (Wildman–Crippen LogP) is 3.58. The zero-order chi connectivity index (χ0) is 15.4. The lowest BCUT2D eigenvalue weighted by Gasteiger charge is -2.05. The summed E-state index contributed by atoms with van der Waals surface area (Å²) in [5, 5.41) is 0.701. The Labute approximate surface area is 115 Å². The molecule has 0 aliphatic rings. The Morgan fingerprint density at radius 2 is 1.81 bits per heavy atom. The number of carbonyl (C=O) groups excluding carboxylic acids is 1. The van der Waals surface area contributed by atoms with E-state index in [0.717, 1.165) is 24.3 Å². The summed E-state index contributed by atoms with van der Waals surface area (Å²) in [7, 11) is 0. The van der Waals surface area contributed by atoms with Gasteiger partial charge >= 0.3 is 6.18 Å². The smallest absolute Gasteiger partial charge is 0.366 e. The third-order valence-corrected chi connectivity index (χ3v) is 3.27. The Morgan fingerprint density at radius 3 is 2.43 bits per heavy atom. The molecule has 0 bridgehead atoms. The summed E-state index contributed by atoms with van der Waals surface area (Å²) in [6.07, 6.45) is -4.48. The van der Waals surface area contributed by atoms with Crippen LogP contribution in [-0.2, 0) is 6.18 Å². The molecule has 3 N–H and O–H groups in total. The van der Waals surface area contributed by atoms with Crippen LogP contribution in [0.4, 0.5) is 17.6 Å². The van der Waals surface area contributed by atoms with Gasteiger partial charge in [0.15, 0.2) is 0 Å². The maximum absolute atomic E-state index is 13.5. The molecule has 7 heteroatoms. The first kappa shape index (κ1) is 13.4. The van der Waals surface area contributed by atoms with E-state index in [2.05, 4.69) is 4.98 Å². The summed E-state index contributed by atoms with van der Waals surface area (Å²) >= 11 is 0. The summed E-state index contributed by atoms with van der Waals surface area (Å²) in [4.78, 5) is 14.0. The summed E-state index contributed by atoms with van der Waals surface area (Å²) in [5.41, 5.74) is 4.61. The van der Waals surface area contributed by atoms with Gasteiger partial charge in [-0.1, -0.05) is 6.07 Å². The zero-order valence-electron chi connectivity index (χ0n) is 10.4. The average molecular weight is 296 g/mol. The van der Waals surface area contributed by atoms with Gasteiger partial charge in [0.1, 0.15) is 5.82 Å². The number of benzene rings is 2. The highest BCUT2D eigenvalue weighted by atomic mass is 19.4. The molecule has 0 aliphatic heterocycles. The molecular formula is C14H8F4N2O. The molecule has 0 aliphatic carbocycles. The number of halogens is 4. The van der Waals surface area contributed by atoms with Gasteiger partial charge in [-0.3, -0.25) is 4.79 Å². The van der Waals surface area contributed by atoms with Crippen LogP contribution in [0, 0.1) is 5.82 Å². The molecule has 3 aromatic rings. The minimum Gasteiger partial charge on any atom is -0.366 e. The number of carbonyl (C=O) groups is 1. The number of hydrogen-bond acceptors (Lipinski definition) is 1. The van der Waals surface area contributed by atoms with Crippen molar-refractivity contribution in [3.63, 3.8) is 0 Å². The minimum absolute atomic E-state index is 0.102. The maximum atomic E-state index is 13.5. The van der Waals surface area contributed by atoms with E-state index in [0.29, 0.717) is 10.8 Å². The highest BCUT2D eigenvalue weighted by Crippen LogP contribution is 2.34. The number of H-pyrrole nitrogens is 1. The van der Waals surface area contributed by atoms with Crippen LogP contribution in [0.1, 0.15) is 15.9 Å². The molecule has 1 amide bonds. The lowest BCUT2D eigenvalue weighted by molar-refractivity contribution is -0.137. The number of rotatable bonds is 1.